The van der Waals surface area contributed by atoms with Gasteiger partial charge in [-0.15, -0.1) is 0 Å². The number of nitrogens with zero attached hydrogens (tertiary/aromatic N) is 3. The van der Waals surface area contributed by atoms with Gasteiger partial charge in [0.1, 0.15) is 5.69 Å². The number of rotatable bonds is 4. The molecule has 3 unspecified atom stereocenters. The molecule has 4 bridgehead atoms. The van der Waals surface area contributed by atoms with Crippen LogP contribution in [-0.2, 0) is 10.2 Å². The van der Waals surface area contributed by atoms with Crippen LogP contribution >= 0.6 is 0 Å². The van der Waals surface area contributed by atoms with Crippen LogP contribution in [0.2, 0.25) is 0 Å². The van der Waals surface area contributed by atoms with E-state index >= 15 is 0 Å². The minimum Gasteiger partial charge on any atom is -0.483 e. The number of aromatic amines is 1. The molecule has 3 N–H and O–H groups in total. The highest BCUT2D eigenvalue weighted by Crippen LogP contribution is 2.43. The Labute approximate surface area is 203 Å². The fourth-order valence-electron chi connectivity index (χ4n) is 6.07. The second-order valence-electron chi connectivity index (χ2n) is 9.49. The van der Waals surface area contributed by atoms with Crippen molar-refractivity contribution in [3.63, 3.8) is 0 Å². The minimum atomic E-state index is -0.250. The Kier molecular flexibility index (Phi) is 6.27. The molecule has 0 radical (unpaired) electrons. The fraction of sp³-hybridized carbons (Fsp3) is 0.346. The number of benzene rings is 2. The number of amides is 1. The van der Waals surface area contributed by atoms with Gasteiger partial charge in [0.25, 0.3) is 17.9 Å². The summed E-state index contributed by atoms with van der Waals surface area (Å²) in [4.78, 5) is 39.4. The Morgan fingerprint density at radius 3 is 2.17 bits per heavy atom. The predicted octanol–water partition coefficient (Wildman–Crippen LogP) is 1.16. The molecule has 4 aliphatic heterocycles. The fourth-order valence-corrected chi connectivity index (χ4v) is 6.07. The molecule has 3 atom stereocenters. The SMILES string of the molecule is O=C(NC1C2CN3CCN(C2)CC1(c1ccccc1)C3)c1cc(=O)n(-c2ccccc2)[nH]1.O=CO. The average molecular weight is 476 g/mol. The lowest BCUT2D eigenvalue weighted by atomic mass is 9.64. The minimum absolute atomic E-state index is 0.0200. The smallest absolute Gasteiger partial charge is 0.290 e. The van der Waals surface area contributed by atoms with Crippen molar-refractivity contribution in [2.75, 3.05) is 39.3 Å². The maximum absolute atomic E-state index is 13.4. The Morgan fingerprint density at radius 2 is 1.57 bits per heavy atom. The van der Waals surface area contributed by atoms with Gasteiger partial charge in [-0.25, -0.2) is 4.68 Å². The molecule has 1 aromatic heterocycles. The maximum atomic E-state index is 13.4. The largest absolute Gasteiger partial charge is 0.483 e. The van der Waals surface area contributed by atoms with Crippen molar-refractivity contribution in [3.8, 4) is 5.69 Å². The van der Waals surface area contributed by atoms with Crippen LogP contribution in [0.3, 0.4) is 0 Å². The molecule has 2 aromatic carbocycles. The lowest BCUT2D eigenvalue weighted by Gasteiger charge is -2.55. The van der Waals surface area contributed by atoms with E-state index in [1.54, 1.807) is 0 Å². The van der Waals surface area contributed by atoms with E-state index in [0.29, 0.717) is 17.3 Å². The summed E-state index contributed by atoms with van der Waals surface area (Å²) in [5.41, 5.74) is 1.90. The number of carbonyl (C=O) groups is 2. The molecule has 0 spiro atoms. The van der Waals surface area contributed by atoms with Crippen LogP contribution in [0.4, 0.5) is 0 Å². The van der Waals surface area contributed by atoms with E-state index in [0.717, 1.165) is 39.3 Å². The van der Waals surface area contributed by atoms with Crippen LogP contribution < -0.4 is 10.9 Å². The van der Waals surface area contributed by atoms with Gasteiger partial charge in [-0.2, -0.15) is 0 Å². The highest BCUT2D eigenvalue weighted by molar-refractivity contribution is 5.92. The molecule has 3 aromatic rings. The third kappa shape index (κ3) is 4.28. The van der Waals surface area contributed by atoms with E-state index in [2.05, 4.69) is 44.5 Å². The van der Waals surface area contributed by atoms with Gasteiger partial charge < -0.3 is 20.2 Å². The van der Waals surface area contributed by atoms with E-state index in [1.165, 1.54) is 16.3 Å². The van der Waals surface area contributed by atoms with Crippen molar-refractivity contribution in [2.24, 2.45) is 5.92 Å². The average Bonchev–Trinajstić information content (AvgIpc) is 3.09. The van der Waals surface area contributed by atoms with Gasteiger partial charge in [0.05, 0.1) is 5.69 Å². The zero-order valence-electron chi connectivity index (χ0n) is 19.3. The van der Waals surface area contributed by atoms with E-state index < -0.39 is 0 Å². The molecule has 5 heterocycles. The van der Waals surface area contributed by atoms with Gasteiger partial charge in [0.15, 0.2) is 0 Å². The van der Waals surface area contributed by atoms with Gasteiger partial charge in [0, 0.05) is 62.7 Å². The van der Waals surface area contributed by atoms with Gasteiger partial charge in [-0.3, -0.25) is 19.5 Å². The summed E-state index contributed by atoms with van der Waals surface area (Å²) in [5.74, 6) is 0.139. The van der Waals surface area contributed by atoms with Crippen molar-refractivity contribution < 1.29 is 14.7 Å². The van der Waals surface area contributed by atoms with E-state index in [4.69, 9.17) is 9.90 Å². The van der Waals surface area contributed by atoms with Crippen LogP contribution in [0.25, 0.3) is 5.69 Å². The number of aromatic nitrogens is 2. The Balaban J connectivity index is 0.000000806. The molecule has 7 rings (SSSR count). The standard InChI is InChI=1S/C25H27N5O2.CH2O2/c31-22-13-21(27-30(22)20-9-5-2-6-10-20)24(32)26-23-18-14-28-11-12-29(15-18)17-25(23,16-28)19-7-3-1-4-8-19;2-1-3/h1-10,13,18,23,27H,11-12,14-17H2,(H,26,32);1H,(H,2,3). The summed E-state index contributed by atoms with van der Waals surface area (Å²) in [6, 6.07) is 21.4. The molecule has 4 fully saturated rings. The second-order valence-corrected chi connectivity index (χ2v) is 9.49. The van der Waals surface area contributed by atoms with Gasteiger partial charge in [-0.05, 0) is 17.7 Å². The highest BCUT2D eigenvalue weighted by atomic mass is 16.3. The van der Waals surface area contributed by atoms with Crippen molar-refractivity contribution in [3.05, 3.63) is 88.3 Å². The van der Waals surface area contributed by atoms with Crippen LogP contribution in [0, 0.1) is 5.92 Å². The lowest BCUT2D eigenvalue weighted by Crippen LogP contribution is -2.70. The van der Waals surface area contributed by atoms with Crippen molar-refractivity contribution in [1.82, 2.24) is 24.9 Å². The van der Waals surface area contributed by atoms with Crippen molar-refractivity contribution >= 4 is 12.4 Å². The third-order valence-corrected chi connectivity index (χ3v) is 7.41. The summed E-state index contributed by atoms with van der Waals surface area (Å²) in [5, 5.41) is 13.3. The number of para-hydroxylation sites is 1. The number of fused-ring (bicyclic) bond motifs is 1. The molecular weight excluding hydrogens is 446 g/mol. The van der Waals surface area contributed by atoms with Crippen LogP contribution in [-0.4, -0.2) is 82.4 Å². The number of hydrogen-bond acceptors (Lipinski definition) is 5. The first-order valence-corrected chi connectivity index (χ1v) is 11.8. The van der Waals surface area contributed by atoms with Gasteiger partial charge in [0.2, 0.25) is 0 Å². The quantitative estimate of drug-likeness (QED) is 0.489. The van der Waals surface area contributed by atoms with Crippen molar-refractivity contribution in [2.45, 2.75) is 11.5 Å². The highest BCUT2D eigenvalue weighted by Gasteiger charge is 2.55. The second kappa shape index (κ2) is 9.52. The van der Waals surface area contributed by atoms with Crippen LogP contribution in [0.1, 0.15) is 16.1 Å². The molecular formula is C26H29N5O4. The topological polar surface area (TPSA) is 111 Å². The zero-order chi connectivity index (χ0) is 24.4. The van der Waals surface area contributed by atoms with E-state index in [1.807, 2.05) is 36.4 Å². The zero-order valence-corrected chi connectivity index (χ0v) is 19.3. The first-order chi connectivity index (χ1) is 17.0. The van der Waals surface area contributed by atoms with E-state index in [9.17, 15) is 9.59 Å². The number of piperidine rings is 2. The molecule has 4 saturated heterocycles. The summed E-state index contributed by atoms with van der Waals surface area (Å²) in [6.45, 7) is 5.79. The first-order valence-electron chi connectivity index (χ1n) is 11.8. The van der Waals surface area contributed by atoms with Crippen LogP contribution in [0.5, 0.6) is 0 Å². The molecule has 9 heteroatoms. The summed E-state index contributed by atoms with van der Waals surface area (Å²) in [6.07, 6.45) is 0. The number of carbonyl (C=O) groups excluding carboxylic acids is 1. The summed E-state index contributed by atoms with van der Waals surface area (Å²) >= 11 is 0. The maximum Gasteiger partial charge on any atom is 0.290 e. The summed E-state index contributed by atoms with van der Waals surface area (Å²) < 4.78 is 1.42. The van der Waals surface area contributed by atoms with E-state index in [-0.39, 0.29) is 29.4 Å². The van der Waals surface area contributed by atoms with Gasteiger partial charge >= 0.3 is 0 Å². The number of nitrogens with one attached hydrogen (secondary N) is 2. The molecule has 35 heavy (non-hydrogen) atoms. The summed E-state index contributed by atoms with van der Waals surface area (Å²) in [7, 11) is 0. The molecule has 0 aliphatic carbocycles. The van der Waals surface area contributed by atoms with Gasteiger partial charge in [-0.1, -0.05) is 48.5 Å². The number of carboxylic acid groups (broad SMARTS) is 1. The monoisotopic (exact) mass is 475 g/mol. The Bertz CT molecular complexity index is 1220. The van der Waals surface area contributed by atoms with Crippen molar-refractivity contribution in [1.29, 1.82) is 0 Å². The Morgan fingerprint density at radius 1 is 1.00 bits per heavy atom. The molecule has 9 nitrogen and oxygen atoms in total. The lowest BCUT2D eigenvalue weighted by molar-refractivity contribution is -0.122. The molecule has 4 aliphatic rings. The Hall–Kier alpha value is -3.69. The number of hydrogen-bond donors (Lipinski definition) is 3. The predicted molar refractivity (Wildman–Crippen MR) is 131 cm³/mol. The molecule has 182 valence electrons. The normalized spacial score (nSPS) is 28.5. The molecule has 1 amide bonds. The third-order valence-electron chi connectivity index (χ3n) is 7.41. The number of H-pyrrole nitrogens is 1. The first kappa shape index (κ1) is 23.1. The molecule has 0 saturated carbocycles. The van der Waals surface area contributed by atoms with Crippen LogP contribution in [0.15, 0.2) is 71.5 Å².